The van der Waals surface area contributed by atoms with E-state index in [1.165, 1.54) is 4.88 Å². The molecule has 0 saturated heterocycles. The summed E-state index contributed by atoms with van der Waals surface area (Å²) in [6.45, 7) is 4.27. The van der Waals surface area contributed by atoms with Crippen LogP contribution in [0.5, 0.6) is 0 Å². The van der Waals surface area contributed by atoms with Gasteiger partial charge in [0, 0.05) is 23.4 Å². The molecule has 0 atom stereocenters. The van der Waals surface area contributed by atoms with Crippen molar-refractivity contribution in [2.75, 3.05) is 0 Å². The Morgan fingerprint density at radius 2 is 1.96 bits per heavy atom. The highest BCUT2D eigenvalue weighted by Gasteiger charge is 2.17. The molecule has 4 aromatic rings. The number of thioether (sulfide) groups is 1. The first kappa shape index (κ1) is 18.9. The monoisotopic (exact) mass is 411 g/mol. The fourth-order valence-electron chi connectivity index (χ4n) is 2.82. The van der Waals surface area contributed by atoms with Crippen LogP contribution in [0.3, 0.4) is 0 Å². The van der Waals surface area contributed by atoms with Crippen molar-refractivity contribution in [3.8, 4) is 5.69 Å². The predicted molar refractivity (Wildman–Crippen MR) is 111 cm³/mol. The quantitative estimate of drug-likeness (QED) is 0.388. The standard InChI is InChI=1S/C20H21N5OS2/c1-14(2)11-19-21-17(24-26-19)13-28-20-23-22-18(12-16-9-6-10-27-16)25(20)15-7-4-3-5-8-15/h3-10,14H,11-13H2,1-2H3. The van der Waals surface area contributed by atoms with Crippen molar-refractivity contribution >= 4 is 23.1 Å². The van der Waals surface area contributed by atoms with Crippen LogP contribution in [0.25, 0.3) is 5.69 Å². The SMILES string of the molecule is CC(C)Cc1nc(CSc2nnc(Cc3cccs3)n2-c2ccccc2)no1. The Balaban J connectivity index is 1.56. The van der Waals surface area contributed by atoms with Gasteiger partial charge < -0.3 is 4.52 Å². The first-order valence-electron chi connectivity index (χ1n) is 9.15. The Bertz CT molecular complexity index is 1010. The summed E-state index contributed by atoms with van der Waals surface area (Å²) in [5.74, 6) is 3.37. The third kappa shape index (κ3) is 4.51. The van der Waals surface area contributed by atoms with E-state index in [4.69, 9.17) is 4.52 Å². The second kappa shape index (κ2) is 8.70. The second-order valence-electron chi connectivity index (χ2n) is 6.82. The van der Waals surface area contributed by atoms with E-state index in [-0.39, 0.29) is 0 Å². The molecule has 28 heavy (non-hydrogen) atoms. The molecule has 0 fully saturated rings. The summed E-state index contributed by atoms with van der Waals surface area (Å²) in [5.41, 5.74) is 1.05. The van der Waals surface area contributed by atoms with Gasteiger partial charge in [0.15, 0.2) is 11.0 Å². The molecule has 3 aromatic heterocycles. The molecule has 0 amide bonds. The second-order valence-corrected chi connectivity index (χ2v) is 8.79. The van der Waals surface area contributed by atoms with E-state index >= 15 is 0 Å². The number of rotatable bonds is 8. The normalized spacial score (nSPS) is 11.4. The zero-order valence-corrected chi connectivity index (χ0v) is 17.4. The van der Waals surface area contributed by atoms with Gasteiger partial charge in [-0.3, -0.25) is 4.57 Å². The minimum Gasteiger partial charge on any atom is -0.339 e. The van der Waals surface area contributed by atoms with E-state index in [1.807, 2.05) is 18.2 Å². The number of hydrogen-bond acceptors (Lipinski definition) is 7. The highest BCUT2D eigenvalue weighted by atomic mass is 32.2. The molecule has 0 unspecified atom stereocenters. The van der Waals surface area contributed by atoms with Crippen molar-refractivity contribution < 1.29 is 4.52 Å². The first-order chi connectivity index (χ1) is 13.7. The van der Waals surface area contributed by atoms with E-state index in [1.54, 1.807) is 23.1 Å². The molecule has 6 nitrogen and oxygen atoms in total. The van der Waals surface area contributed by atoms with Crippen molar-refractivity contribution in [3.63, 3.8) is 0 Å². The van der Waals surface area contributed by atoms with Gasteiger partial charge in [0.05, 0.1) is 5.75 Å². The first-order valence-corrected chi connectivity index (χ1v) is 11.0. The minimum absolute atomic E-state index is 0.488. The minimum atomic E-state index is 0.488. The molecule has 1 aromatic carbocycles. The largest absolute Gasteiger partial charge is 0.339 e. The maximum absolute atomic E-state index is 5.34. The van der Waals surface area contributed by atoms with Crippen molar-refractivity contribution in [2.45, 2.75) is 37.6 Å². The average molecular weight is 412 g/mol. The number of benzene rings is 1. The lowest BCUT2D eigenvalue weighted by atomic mass is 10.1. The molecule has 144 valence electrons. The third-order valence-electron chi connectivity index (χ3n) is 4.05. The molecule has 0 spiro atoms. The number of hydrogen-bond donors (Lipinski definition) is 0. The summed E-state index contributed by atoms with van der Waals surface area (Å²) in [6, 6.07) is 14.4. The lowest BCUT2D eigenvalue weighted by Gasteiger charge is -2.09. The summed E-state index contributed by atoms with van der Waals surface area (Å²) in [7, 11) is 0. The predicted octanol–water partition coefficient (Wildman–Crippen LogP) is 4.79. The molecular formula is C20H21N5OS2. The van der Waals surface area contributed by atoms with Gasteiger partial charge in [-0.05, 0) is 29.5 Å². The van der Waals surface area contributed by atoms with E-state index in [9.17, 15) is 0 Å². The van der Waals surface area contributed by atoms with Crippen molar-refractivity contribution in [1.82, 2.24) is 24.9 Å². The lowest BCUT2D eigenvalue weighted by Crippen LogP contribution is -2.03. The fourth-order valence-corrected chi connectivity index (χ4v) is 4.34. The van der Waals surface area contributed by atoms with Gasteiger partial charge >= 0.3 is 0 Å². The highest BCUT2D eigenvalue weighted by molar-refractivity contribution is 7.98. The van der Waals surface area contributed by atoms with Crippen LogP contribution in [-0.4, -0.2) is 24.9 Å². The smallest absolute Gasteiger partial charge is 0.226 e. The van der Waals surface area contributed by atoms with E-state index in [0.717, 1.165) is 29.5 Å². The number of para-hydroxylation sites is 1. The van der Waals surface area contributed by atoms with Crippen LogP contribution < -0.4 is 0 Å². The van der Waals surface area contributed by atoms with Crippen LogP contribution in [0, 0.1) is 5.92 Å². The van der Waals surface area contributed by atoms with Crippen LogP contribution >= 0.6 is 23.1 Å². The lowest BCUT2D eigenvalue weighted by molar-refractivity contribution is 0.360. The molecule has 3 heterocycles. The van der Waals surface area contributed by atoms with Gasteiger partial charge in [-0.1, -0.05) is 55.0 Å². The topological polar surface area (TPSA) is 69.6 Å². The molecule has 0 N–H and O–H groups in total. The van der Waals surface area contributed by atoms with E-state index in [2.05, 4.69) is 68.4 Å². The summed E-state index contributed by atoms with van der Waals surface area (Å²) in [4.78, 5) is 5.74. The van der Waals surface area contributed by atoms with Crippen molar-refractivity contribution in [3.05, 3.63) is 70.3 Å². The van der Waals surface area contributed by atoms with Gasteiger partial charge in [-0.15, -0.1) is 21.5 Å². The van der Waals surface area contributed by atoms with Crippen LogP contribution in [0.15, 0.2) is 57.5 Å². The maximum Gasteiger partial charge on any atom is 0.226 e. The summed E-state index contributed by atoms with van der Waals surface area (Å²) in [6.07, 6.45) is 1.55. The van der Waals surface area contributed by atoms with Crippen LogP contribution in [0.1, 0.15) is 36.3 Å². The molecule has 0 bridgehead atoms. The molecule has 0 saturated carbocycles. The Kier molecular flexibility index (Phi) is 5.87. The van der Waals surface area contributed by atoms with Gasteiger partial charge in [0.2, 0.25) is 5.89 Å². The van der Waals surface area contributed by atoms with Crippen molar-refractivity contribution in [1.29, 1.82) is 0 Å². The van der Waals surface area contributed by atoms with E-state index in [0.29, 0.717) is 23.4 Å². The van der Waals surface area contributed by atoms with Gasteiger partial charge in [-0.2, -0.15) is 4.98 Å². The maximum atomic E-state index is 5.34. The van der Waals surface area contributed by atoms with E-state index < -0.39 is 0 Å². The number of nitrogens with zero attached hydrogens (tertiary/aromatic N) is 5. The Morgan fingerprint density at radius 1 is 1.11 bits per heavy atom. The molecule has 0 aliphatic heterocycles. The molecule has 8 heteroatoms. The molecule has 0 aliphatic carbocycles. The van der Waals surface area contributed by atoms with Crippen LogP contribution in [-0.2, 0) is 18.6 Å². The van der Waals surface area contributed by atoms with Gasteiger partial charge in [-0.25, -0.2) is 0 Å². The molecule has 0 aliphatic rings. The highest BCUT2D eigenvalue weighted by Crippen LogP contribution is 2.26. The zero-order chi connectivity index (χ0) is 19.3. The Labute approximate surface area is 172 Å². The molecule has 0 radical (unpaired) electrons. The number of aromatic nitrogens is 5. The summed E-state index contributed by atoms with van der Waals surface area (Å²) < 4.78 is 7.45. The van der Waals surface area contributed by atoms with Crippen LogP contribution in [0.2, 0.25) is 0 Å². The van der Waals surface area contributed by atoms with Gasteiger partial charge in [0.25, 0.3) is 0 Å². The van der Waals surface area contributed by atoms with Crippen molar-refractivity contribution in [2.24, 2.45) is 5.92 Å². The summed E-state index contributed by atoms with van der Waals surface area (Å²) in [5, 5.41) is 15.9. The van der Waals surface area contributed by atoms with Gasteiger partial charge in [0.1, 0.15) is 5.82 Å². The molecular weight excluding hydrogens is 390 g/mol. The summed E-state index contributed by atoms with van der Waals surface area (Å²) >= 11 is 3.30. The zero-order valence-electron chi connectivity index (χ0n) is 15.8. The third-order valence-corrected chi connectivity index (χ3v) is 5.85. The average Bonchev–Trinajstić information content (AvgIpc) is 3.42. The number of thiophene rings is 1. The van der Waals surface area contributed by atoms with Crippen LogP contribution in [0.4, 0.5) is 0 Å². The molecule has 4 rings (SSSR count). The Hall–Kier alpha value is -2.45. The Morgan fingerprint density at radius 3 is 2.71 bits per heavy atom. The fraction of sp³-hybridized carbons (Fsp3) is 0.300.